The first-order valence-corrected chi connectivity index (χ1v) is 9.60. The third-order valence-electron chi connectivity index (χ3n) is 3.80. The molecular weight excluding hydrogens is 424 g/mol. The summed E-state index contributed by atoms with van der Waals surface area (Å²) in [5, 5.41) is 1.89. The first kappa shape index (κ1) is 20.0. The largest absolute Gasteiger partial charge is 0.486 e. The molecule has 0 aliphatic heterocycles. The molecule has 0 unspecified atom stereocenters. The highest BCUT2D eigenvalue weighted by molar-refractivity contribution is 6.37. The molecule has 3 rings (SSSR count). The molecule has 0 bridgehead atoms. The second-order valence-corrected chi connectivity index (χ2v) is 7.59. The van der Waals surface area contributed by atoms with Crippen LogP contribution in [-0.2, 0) is 6.61 Å². The lowest BCUT2D eigenvalue weighted by atomic mass is 10.2. The van der Waals surface area contributed by atoms with Gasteiger partial charge >= 0.3 is 0 Å². The molecule has 138 valence electrons. The lowest BCUT2D eigenvalue weighted by Gasteiger charge is -2.12. The highest BCUT2D eigenvalue weighted by atomic mass is 35.5. The Morgan fingerprint density at radius 2 is 1.52 bits per heavy atom. The highest BCUT2D eigenvalue weighted by Gasteiger charge is 2.11. The van der Waals surface area contributed by atoms with Crippen molar-refractivity contribution in [2.75, 3.05) is 0 Å². The van der Waals surface area contributed by atoms with Gasteiger partial charge in [-0.05, 0) is 48.9 Å². The van der Waals surface area contributed by atoms with Gasteiger partial charge in [0.25, 0.3) is 0 Å². The van der Waals surface area contributed by atoms with Crippen LogP contribution in [-0.4, -0.2) is 6.21 Å². The molecule has 0 spiro atoms. The van der Waals surface area contributed by atoms with Crippen LogP contribution in [0.2, 0.25) is 20.1 Å². The standard InChI is InChI=1S/C21H15Cl4NO/c1-13-2-6-17(7-3-13)26-11-14-8-19(24)21(20(25)9-14)27-12-15-4-5-16(22)10-18(15)23/h2-11H,12H2,1H3. The zero-order chi connectivity index (χ0) is 19.4. The summed E-state index contributed by atoms with van der Waals surface area (Å²) in [6.45, 7) is 2.26. The lowest BCUT2D eigenvalue weighted by Crippen LogP contribution is -1.98. The number of hydrogen-bond donors (Lipinski definition) is 0. The molecule has 0 atom stereocenters. The van der Waals surface area contributed by atoms with Crippen molar-refractivity contribution in [1.82, 2.24) is 0 Å². The minimum Gasteiger partial charge on any atom is -0.486 e. The van der Waals surface area contributed by atoms with Crippen molar-refractivity contribution in [2.45, 2.75) is 13.5 Å². The molecule has 0 N–H and O–H groups in total. The van der Waals surface area contributed by atoms with Crippen LogP contribution in [0.1, 0.15) is 16.7 Å². The van der Waals surface area contributed by atoms with E-state index < -0.39 is 0 Å². The monoisotopic (exact) mass is 437 g/mol. The van der Waals surface area contributed by atoms with Crippen molar-refractivity contribution in [3.63, 3.8) is 0 Å². The molecule has 0 fully saturated rings. The van der Waals surface area contributed by atoms with Crippen LogP contribution in [0.4, 0.5) is 5.69 Å². The third kappa shape index (κ3) is 5.40. The Kier molecular flexibility index (Phi) is 6.67. The molecule has 2 nitrogen and oxygen atoms in total. The zero-order valence-corrected chi connectivity index (χ0v) is 17.4. The molecule has 6 heteroatoms. The van der Waals surface area contributed by atoms with Gasteiger partial charge in [0.05, 0.1) is 15.7 Å². The average molecular weight is 439 g/mol. The molecule has 0 saturated heterocycles. The van der Waals surface area contributed by atoms with Crippen LogP contribution in [0.25, 0.3) is 0 Å². The van der Waals surface area contributed by atoms with Crippen LogP contribution in [0.15, 0.2) is 59.6 Å². The third-order valence-corrected chi connectivity index (χ3v) is 4.95. The van der Waals surface area contributed by atoms with Gasteiger partial charge in [-0.15, -0.1) is 0 Å². The summed E-state index contributed by atoms with van der Waals surface area (Å²) in [5.74, 6) is 0.400. The normalized spacial score (nSPS) is 11.1. The van der Waals surface area contributed by atoms with E-state index in [4.69, 9.17) is 51.1 Å². The van der Waals surface area contributed by atoms with E-state index >= 15 is 0 Å². The van der Waals surface area contributed by atoms with Gasteiger partial charge in [0.1, 0.15) is 6.61 Å². The Bertz CT molecular complexity index is 961. The van der Waals surface area contributed by atoms with Gasteiger partial charge in [0, 0.05) is 21.8 Å². The maximum Gasteiger partial charge on any atom is 0.157 e. The maximum atomic E-state index is 6.34. The van der Waals surface area contributed by atoms with Crippen LogP contribution in [0.3, 0.4) is 0 Å². The van der Waals surface area contributed by atoms with Crippen molar-refractivity contribution in [3.8, 4) is 5.75 Å². The summed E-state index contributed by atoms with van der Waals surface area (Å²) in [5.41, 5.74) is 3.61. The smallest absolute Gasteiger partial charge is 0.157 e. The Balaban J connectivity index is 1.75. The van der Waals surface area contributed by atoms with Crippen molar-refractivity contribution >= 4 is 58.3 Å². The summed E-state index contributed by atoms with van der Waals surface area (Å²) < 4.78 is 5.77. The fourth-order valence-electron chi connectivity index (χ4n) is 2.36. The number of ether oxygens (including phenoxy) is 1. The Labute approximate surface area is 178 Å². The molecule has 3 aromatic rings. The lowest BCUT2D eigenvalue weighted by molar-refractivity contribution is 0.306. The van der Waals surface area contributed by atoms with Crippen molar-refractivity contribution in [3.05, 3.63) is 91.4 Å². The molecule has 27 heavy (non-hydrogen) atoms. The summed E-state index contributed by atoms with van der Waals surface area (Å²) in [6, 6.07) is 16.6. The average Bonchev–Trinajstić information content (AvgIpc) is 2.62. The van der Waals surface area contributed by atoms with Gasteiger partial charge in [-0.25, -0.2) is 0 Å². The topological polar surface area (TPSA) is 21.6 Å². The zero-order valence-electron chi connectivity index (χ0n) is 14.3. The molecule has 0 radical (unpaired) electrons. The second-order valence-electron chi connectivity index (χ2n) is 5.93. The van der Waals surface area contributed by atoms with E-state index in [2.05, 4.69) is 4.99 Å². The minimum atomic E-state index is 0.228. The predicted octanol–water partition coefficient (Wildman–Crippen LogP) is 7.94. The fourth-order valence-corrected chi connectivity index (χ4v) is 3.44. The van der Waals surface area contributed by atoms with Gasteiger partial charge in [-0.3, -0.25) is 4.99 Å². The van der Waals surface area contributed by atoms with Gasteiger partial charge < -0.3 is 4.74 Å². The first-order chi connectivity index (χ1) is 12.9. The molecule has 0 aliphatic carbocycles. The summed E-state index contributed by atoms with van der Waals surface area (Å²) in [4.78, 5) is 4.43. The van der Waals surface area contributed by atoms with E-state index in [-0.39, 0.29) is 6.61 Å². The van der Waals surface area contributed by atoms with Gasteiger partial charge in [-0.1, -0.05) is 70.2 Å². The number of rotatable bonds is 5. The van der Waals surface area contributed by atoms with E-state index in [9.17, 15) is 0 Å². The Hall–Kier alpha value is -1.71. The molecule has 3 aromatic carbocycles. The Morgan fingerprint density at radius 1 is 0.852 bits per heavy atom. The molecule has 0 amide bonds. The van der Waals surface area contributed by atoms with Crippen molar-refractivity contribution in [1.29, 1.82) is 0 Å². The van der Waals surface area contributed by atoms with Crippen LogP contribution < -0.4 is 4.74 Å². The minimum absolute atomic E-state index is 0.228. The van der Waals surface area contributed by atoms with Crippen molar-refractivity contribution in [2.24, 2.45) is 4.99 Å². The van der Waals surface area contributed by atoms with Crippen LogP contribution in [0.5, 0.6) is 5.75 Å². The SMILES string of the molecule is Cc1ccc(N=Cc2cc(Cl)c(OCc3ccc(Cl)cc3Cl)c(Cl)c2)cc1. The number of hydrogen-bond acceptors (Lipinski definition) is 2. The number of benzene rings is 3. The molecule has 0 saturated carbocycles. The molecule has 0 heterocycles. The van der Waals surface area contributed by atoms with E-state index in [1.807, 2.05) is 31.2 Å². The molecule has 0 aromatic heterocycles. The highest BCUT2D eigenvalue weighted by Crippen LogP contribution is 2.35. The number of aliphatic imine (C=N–C) groups is 1. The molecule has 0 aliphatic rings. The van der Waals surface area contributed by atoms with Gasteiger partial charge in [0.15, 0.2) is 5.75 Å². The summed E-state index contributed by atoms with van der Waals surface area (Å²) in [6.07, 6.45) is 1.71. The quantitative estimate of drug-likeness (QED) is 0.370. The molecular formula is C21H15Cl4NO. The maximum absolute atomic E-state index is 6.34. The Morgan fingerprint density at radius 3 is 2.15 bits per heavy atom. The number of aryl methyl sites for hydroxylation is 1. The van der Waals surface area contributed by atoms with E-state index in [0.29, 0.717) is 25.8 Å². The first-order valence-electron chi connectivity index (χ1n) is 8.09. The van der Waals surface area contributed by atoms with Gasteiger partial charge in [-0.2, -0.15) is 0 Å². The predicted molar refractivity (Wildman–Crippen MR) is 116 cm³/mol. The van der Waals surface area contributed by atoms with E-state index in [1.165, 1.54) is 5.56 Å². The fraction of sp³-hybridized carbons (Fsp3) is 0.0952. The number of nitrogens with zero attached hydrogens (tertiary/aromatic N) is 1. The second kappa shape index (κ2) is 8.99. The summed E-state index contributed by atoms with van der Waals surface area (Å²) >= 11 is 24.8. The summed E-state index contributed by atoms with van der Waals surface area (Å²) in [7, 11) is 0. The van der Waals surface area contributed by atoms with E-state index in [1.54, 1.807) is 36.5 Å². The van der Waals surface area contributed by atoms with E-state index in [0.717, 1.165) is 16.8 Å². The van der Waals surface area contributed by atoms with Crippen molar-refractivity contribution < 1.29 is 4.74 Å². The number of halogens is 4. The van der Waals surface area contributed by atoms with Gasteiger partial charge in [0.2, 0.25) is 0 Å². The van der Waals surface area contributed by atoms with Crippen LogP contribution >= 0.6 is 46.4 Å². The van der Waals surface area contributed by atoms with Crippen LogP contribution in [0, 0.1) is 6.92 Å².